The second kappa shape index (κ2) is 6.52. The van der Waals surface area contributed by atoms with Crippen LogP contribution in [0.15, 0.2) is 0 Å². The minimum atomic E-state index is 0.123. The lowest BCUT2D eigenvalue weighted by Crippen LogP contribution is -2.44. The first-order valence-electron chi connectivity index (χ1n) is 6.61. The van der Waals surface area contributed by atoms with E-state index in [2.05, 4.69) is 41.5 Å². The molecule has 0 fully saturated rings. The van der Waals surface area contributed by atoms with Crippen molar-refractivity contribution in [2.75, 3.05) is 6.61 Å². The van der Waals surface area contributed by atoms with Crippen LogP contribution in [-0.4, -0.2) is 11.7 Å². The highest BCUT2D eigenvalue weighted by molar-refractivity contribution is 4.91. The van der Waals surface area contributed by atoms with Gasteiger partial charge in [-0.25, -0.2) is 0 Å². The highest BCUT2D eigenvalue weighted by Crippen LogP contribution is 2.46. The number of aliphatic hydroxyl groups is 1. The van der Waals surface area contributed by atoms with E-state index in [1.807, 2.05) is 0 Å². The van der Waals surface area contributed by atoms with Gasteiger partial charge in [-0.1, -0.05) is 60.8 Å². The standard InChI is InChI=1S/C14H30O/c1-7-11(4)14(10-15,12(5)8-2)13(6)9-3/h11-13,15H,7-10H2,1-6H3. The SMILES string of the molecule is CCC(C)C(CO)(C(C)CC)C(C)CC. The Balaban J connectivity index is 5.09. The number of hydrogen-bond acceptors (Lipinski definition) is 1. The molecule has 15 heavy (non-hydrogen) atoms. The lowest BCUT2D eigenvalue weighted by molar-refractivity contribution is -0.0377. The normalized spacial score (nSPS) is 21.8. The third kappa shape index (κ3) is 2.75. The van der Waals surface area contributed by atoms with Crippen LogP contribution in [0.4, 0.5) is 0 Å². The Morgan fingerprint density at radius 3 is 1.20 bits per heavy atom. The molecule has 0 aromatic heterocycles. The molecule has 0 aromatic rings. The summed E-state index contributed by atoms with van der Waals surface area (Å²) in [7, 11) is 0. The van der Waals surface area contributed by atoms with Crippen molar-refractivity contribution in [2.45, 2.75) is 60.8 Å². The van der Waals surface area contributed by atoms with E-state index in [0.717, 1.165) is 19.3 Å². The molecule has 0 aliphatic rings. The van der Waals surface area contributed by atoms with E-state index in [1.165, 1.54) is 0 Å². The molecule has 0 aliphatic heterocycles. The van der Waals surface area contributed by atoms with Crippen molar-refractivity contribution in [2.24, 2.45) is 23.2 Å². The number of rotatable bonds is 7. The average molecular weight is 214 g/mol. The lowest BCUT2D eigenvalue weighted by atomic mass is 9.59. The Morgan fingerprint density at radius 1 is 0.800 bits per heavy atom. The van der Waals surface area contributed by atoms with Gasteiger partial charge in [-0.15, -0.1) is 0 Å². The fourth-order valence-corrected chi connectivity index (χ4v) is 3.06. The van der Waals surface area contributed by atoms with E-state index in [0.29, 0.717) is 24.4 Å². The Morgan fingerprint density at radius 2 is 1.07 bits per heavy atom. The summed E-state index contributed by atoms with van der Waals surface area (Å²) in [6.07, 6.45) is 3.49. The van der Waals surface area contributed by atoms with Gasteiger partial charge < -0.3 is 5.11 Å². The summed E-state index contributed by atoms with van der Waals surface area (Å²) < 4.78 is 0. The van der Waals surface area contributed by atoms with E-state index in [4.69, 9.17) is 0 Å². The molecular formula is C14H30O. The Bertz CT molecular complexity index is 138. The fourth-order valence-electron chi connectivity index (χ4n) is 3.06. The lowest BCUT2D eigenvalue weighted by Gasteiger charge is -2.47. The first-order chi connectivity index (χ1) is 7.00. The van der Waals surface area contributed by atoms with Gasteiger partial charge in [0.05, 0.1) is 0 Å². The summed E-state index contributed by atoms with van der Waals surface area (Å²) in [6.45, 7) is 13.9. The molecule has 0 amide bonds. The highest BCUT2D eigenvalue weighted by atomic mass is 16.3. The topological polar surface area (TPSA) is 20.2 Å². The zero-order valence-electron chi connectivity index (χ0n) is 11.5. The largest absolute Gasteiger partial charge is 0.396 e. The van der Waals surface area contributed by atoms with Gasteiger partial charge in [-0.2, -0.15) is 0 Å². The van der Waals surface area contributed by atoms with Crippen LogP contribution < -0.4 is 0 Å². The molecule has 0 saturated carbocycles. The molecule has 0 saturated heterocycles. The first-order valence-corrected chi connectivity index (χ1v) is 6.61. The van der Waals surface area contributed by atoms with Crippen molar-refractivity contribution < 1.29 is 5.11 Å². The van der Waals surface area contributed by atoms with Crippen LogP contribution in [0.2, 0.25) is 0 Å². The third-order valence-corrected chi connectivity index (χ3v) is 4.86. The van der Waals surface area contributed by atoms with Gasteiger partial charge in [-0.05, 0) is 17.8 Å². The van der Waals surface area contributed by atoms with Crippen LogP contribution in [0, 0.1) is 23.2 Å². The molecule has 0 heterocycles. The molecule has 92 valence electrons. The van der Waals surface area contributed by atoms with Gasteiger partial charge in [-0.3, -0.25) is 0 Å². The first kappa shape index (κ1) is 15.0. The van der Waals surface area contributed by atoms with E-state index in [1.54, 1.807) is 0 Å². The predicted molar refractivity (Wildman–Crippen MR) is 67.9 cm³/mol. The minimum Gasteiger partial charge on any atom is -0.396 e. The Hall–Kier alpha value is -0.0400. The van der Waals surface area contributed by atoms with Gasteiger partial charge >= 0.3 is 0 Å². The van der Waals surface area contributed by atoms with Crippen molar-refractivity contribution in [1.82, 2.24) is 0 Å². The summed E-state index contributed by atoms with van der Waals surface area (Å²) in [5, 5.41) is 9.88. The second-order valence-electron chi connectivity index (χ2n) is 5.20. The molecule has 1 nitrogen and oxygen atoms in total. The monoisotopic (exact) mass is 214 g/mol. The van der Waals surface area contributed by atoms with Crippen molar-refractivity contribution in [3.8, 4) is 0 Å². The summed E-state index contributed by atoms with van der Waals surface area (Å²) in [5.41, 5.74) is 0.123. The molecule has 3 atom stereocenters. The number of aliphatic hydroxyl groups excluding tert-OH is 1. The van der Waals surface area contributed by atoms with Crippen molar-refractivity contribution >= 4 is 0 Å². The molecule has 1 heteroatoms. The molecule has 0 radical (unpaired) electrons. The van der Waals surface area contributed by atoms with Gasteiger partial charge in [0.1, 0.15) is 0 Å². The molecule has 0 aromatic carbocycles. The zero-order chi connectivity index (χ0) is 12.1. The number of hydrogen-bond donors (Lipinski definition) is 1. The smallest absolute Gasteiger partial charge is 0.0495 e. The molecular weight excluding hydrogens is 184 g/mol. The van der Waals surface area contributed by atoms with Gasteiger partial charge in [0.25, 0.3) is 0 Å². The summed E-state index contributed by atoms with van der Waals surface area (Å²) in [4.78, 5) is 0. The van der Waals surface area contributed by atoms with Crippen LogP contribution >= 0.6 is 0 Å². The zero-order valence-corrected chi connectivity index (χ0v) is 11.5. The molecule has 0 spiro atoms. The quantitative estimate of drug-likeness (QED) is 0.676. The third-order valence-electron chi connectivity index (χ3n) is 4.86. The maximum absolute atomic E-state index is 9.88. The van der Waals surface area contributed by atoms with Gasteiger partial charge in [0.15, 0.2) is 0 Å². The summed E-state index contributed by atoms with van der Waals surface area (Å²) >= 11 is 0. The minimum absolute atomic E-state index is 0.123. The van der Waals surface area contributed by atoms with Crippen molar-refractivity contribution in [3.05, 3.63) is 0 Å². The van der Waals surface area contributed by atoms with E-state index < -0.39 is 0 Å². The molecule has 0 aliphatic carbocycles. The maximum atomic E-state index is 9.88. The molecule has 0 rings (SSSR count). The van der Waals surface area contributed by atoms with E-state index >= 15 is 0 Å². The van der Waals surface area contributed by atoms with E-state index in [9.17, 15) is 5.11 Å². The maximum Gasteiger partial charge on any atom is 0.0495 e. The van der Waals surface area contributed by atoms with Crippen LogP contribution in [0.3, 0.4) is 0 Å². The van der Waals surface area contributed by atoms with Crippen LogP contribution in [0.1, 0.15) is 60.8 Å². The van der Waals surface area contributed by atoms with Gasteiger partial charge in [0, 0.05) is 12.0 Å². The predicted octanol–water partition coefficient (Wildman–Crippen LogP) is 4.10. The summed E-state index contributed by atoms with van der Waals surface area (Å²) in [6, 6.07) is 0. The molecule has 0 bridgehead atoms. The Labute approximate surface area is 96.3 Å². The van der Waals surface area contributed by atoms with Crippen LogP contribution in [0.25, 0.3) is 0 Å². The summed E-state index contributed by atoms with van der Waals surface area (Å²) in [5.74, 6) is 1.81. The molecule has 1 N–H and O–H groups in total. The van der Waals surface area contributed by atoms with E-state index in [-0.39, 0.29) is 5.41 Å². The molecule has 3 unspecified atom stereocenters. The Kier molecular flexibility index (Phi) is 6.51. The van der Waals surface area contributed by atoms with Gasteiger partial charge in [0.2, 0.25) is 0 Å². The highest BCUT2D eigenvalue weighted by Gasteiger charge is 2.42. The van der Waals surface area contributed by atoms with Crippen LogP contribution in [0.5, 0.6) is 0 Å². The average Bonchev–Trinajstić information content (AvgIpc) is 2.29. The fraction of sp³-hybridized carbons (Fsp3) is 1.00. The van der Waals surface area contributed by atoms with Crippen molar-refractivity contribution in [1.29, 1.82) is 0 Å². The second-order valence-corrected chi connectivity index (χ2v) is 5.20. The van der Waals surface area contributed by atoms with Crippen LogP contribution in [-0.2, 0) is 0 Å². The van der Waals surface area contributed by atoms with Crippen molar-refractivity contribution in [3.63, 3.8) is 0 Å².